The van der Waals surface area contributed by atoms with Crippen LogP contribution in [0, 0.1) is 5.41 Å². The van der Waals surface area contributed by atoms with E-state index >= 15 is 0 Å². The van der Waals surface area contributed by atoms with Gasteiger partial charge in [-0.15, -0.1) is 0 Å². The van der Waals surface area contributed by atoms with E-state index in [0.717, 1.165) is 11.3 Å². The standard InChI is InChI=1S/C11H13NO2/c1-11(2)9(12-14-10(11)13)8-6-4-3-5-7-8/h3-7,10,13H,1-2H3. The van der Waals surface area contributed by atoms with Crippen molar-refractivity contribution in [1.29, 1.82) is 0 Å². The van der Waals surface area contributed by atoms with Crippen LogP contribution >= 0.6 is 0 Å². The monoisotopic (exact) mass is 191 g/mol. The van der Waals surface area contributed by atoms with Gasteiger partial charge in [-0.3, -0.25) is 0 Å². The third-order valence-electron chi connectivity index (χ3n) is 2.52. The van der Waals surface area contributed by atoms with Crippen LogP contribution in [0.1, 0.15) is 19.4 Å². The molecule has 0 aromatic heterocycles. The van der Waals surface area contributed by atoms with Crippen molar-refractivity contribution in [2.45, 2.75) is 20.1 Å². The first-order chi connectivity index (χ1) is 6.62. The minimum absolute atomic E-state index is 0.443. The van der Waals surface area contributed by atoms with Crippen LogP contribution < -0.4 is 0 Å². The molecule has 1 atom stereocenters. The predicted octanol–water partition coefficient (Wildman–Crippen LogP) is 1.77. The van der Waals surface area contributed by atoms with Crippen LogP contribution in [-0.2, 0) is 4.84 Å². The SMILES string of the molecule is CC1(C)C(c2ccccc2)=NOC1O. The molecule has 0 saturated heterocycles. The molecule has 0 spiro atoms. The molecule has 1 aliphatic rings. The average Bonchev–Trinajstić information content (AvgIpc) is 2.44. The highest BCUT2D eigenvalue weighted by atomic mass is 16.7. The van der Waals surface area contributed by atoms with E-state index in [1.165, 1.54) is 0 Å². The van der Waals surface area contributed by atoms with Gasteiger partial charge in [-0.25, -0.2) is 0 Å². The van der Waals surface area contributed by atoms with Gasteiger partial charge in [0.25, 0.3) is 0 Å². The maximum absolute atomic E-state index is 9.55. The van der Waals surface area contributed by atoms with Gasteiger partial charge in [-0.1, -0.05) is 35.5 Å². The molecule has 1 aliphatic heterocycles. The second-order valence-corrected chi connectivity index (χ2v) is 3.99. The molecule has 1 N–H and O–H groups in total. The Balaban J connectivity index is 2.38. The van der Waals surface area contributed by atoms with Crippen molar-refractivity contribution in [3.63, 3.8) is 0 Å². The molecular formula is C11H13NO2. The van der Waals surface area contributed by atoms with E-state index in [0.29, 0.717) is 0 Å². The fraction of sp³-hybridized carbons (Fsp3) is 0.364. The van der Waals surface area contributed by atoms with Crippen molar-refractivity contribution in [2.75, 3.05) is 0 Å². The van der Waals surface area contributed by atoms with E-state index in [4.69, 9.17) is 4.84 Å². The quantitative estimate of drug-likeness (QED) is 0.735. The zero-order valence-corrected chi connectivity index (χ0v) is 8.27. The normalized spacial score (nSPS) is 24.2. The van der Waals surface area contributed by atoms with Gasteiger partial charge in [-0.2, -0.15) is 0 Å². The number of hydrogen-bond donors (Lipinski definition) is 1. The Morgan fingerprint density at radius 1 is 1.29 bits per heavy atom. The molecule has 2 rings (SSSR count). The molecule has 3 heteroatoms. The molecule has 0 bridgehead atoms. The Morgan fingerprint density at radius 3 is 2.43 bits per heavy atom. The number of hydrogen-bond acceptors (Lipinski definition) is 3. The van der Waals surface area contributed by atoms with Gasteiger partial charge in [0.2, 0.25) is 6.29 Å². The molecule has 0 fully saturated rings. The summed E-state index contributed by atoms with van der Waals surface area (Å²) in [5.74, 6) is 0. The fourth-order valence-electron chi connectivity index (χ4n) is 1.49. The van der Waals surface area contributed by atoms with Gasteiger partial charge in [0.05, 0.1) is 11.1 Å². The van der Waals surface area contributed by atoms with E-state index in [2.05, 4.69) is 5.16 Å². The number of nitrogens with zero attached hydrogens (tertiary/aromatic N) is 1. The maximum Gasteiger partial charge on any atom is 0.235 e. The first-order valence-electron chi connectivity index (χ1n) is 4.60. The van der Waals surface area contributed by atoms with Crippen molar-refractivity contribution in [3.05, 3.63) is 35.9 Å². The lowest BCUT2D eigenvalue weighted by atomic mass is 9.83. The highest BCUT2D eigenvalue weighted by molar-refractivity contribution is 6.04. The van der Waals surface area contributed by atoms with Crippen LogP contribution in [0.2, 0.25) is 0 Å². The smallest absolute Gasteiger partial charge is 0.235 e. The summed E-state index contributed by atoms with van der Waals surface area (Å²) in [5, 5.41) is 13.5. The molecule has 1 heterocycles. The van der Waals surface area contributed by atoms with E-state index in [1.54, 1.807) is 0 Å². The van der Waals surface area contributed by atoms with E-state index < -0.39 is 11.7 Å². The number of aliphatic hydroxyl groups is 1. The van der Waals surface area contributed by atoms with Gasteiger partial charge in [0.15, 0.2) is 0 Å². The third-order valence-corrected chi connectivity index (χ3v) is 2.52. The van der Waals surface area contributed by atoms with Crippen molar-refractivity contribution < 1.29 is 9.94 Å². The van der Waals surface area contributed by atoms with Crippen LogP contribution in [0.5, 0.6) is 0 Å². The summed E-state index contributed by atoms with van der Waals surface area (Å²) in [7, 11) is 0. The van der Waals surface area contributed by atoms with E-state index in [9.17, 15) is 5.11 Å². The number of benzene rings is 1. The first-order valence-corrected chi connectivity index (χ1v) is 4.60. The largest absolute Gasteiger partial charge is 0.363 e. The fourth-order valence-corrected chi connectivity index (χ4v) is 1.49. The number of oxime groups is 1. The highest BCUT2D eigenvalue weighted by Crippen LogP contribution is 2.32. The summed E-state index contributed by atoms with van der Waals surface area (Å²) >= 11 is 0. The Morgan fingerprint density at radius 2 is 1.93 bits per heavy atom. The highest BCUT2D eigenvalue weighted by Gasteiger charge is 2.41. The van der Waals surface area contributed by atoms with Crippen molar-refractivity contribution in [2.24, 2.45) is 10.6 Å². The van der Waals surface area contributed by atoms with Crippen LogP contribution in [0.15, 0.2) is 35.5 Å². The van der Waals surface area contributed by atoms with Gasteiger partial charge >= 0.3 is 0 Å². The Kier molecular flexibility index (Phi) is 2.04. The van der Waals surface area contributed by atoms with Gasteiger partial charge in [0.1, 0.15) is 0 Å². The van der Waals surface area contributed by atoms with Crippen molar-refractivity contribution in [3.8, 4) is 0 Å². The van der Waals surface area contributed by atoms with Crippen molar-refractivity contribution >= 4 is 5.71 Å². The zero-order valence-electron chi connectivity index (χ0n) is 8.27. The second-order valence-electron chi connectivity index (χ2n) is 3.99. The van der Waals surface area contributed by atoms with Crippen LogP contribution in [0.25, 0.3) is 0 Å². The Labute approximate surface area is 83.0 Å². The maximum atomic E-state index is 9.55. The minimum Gasteiger partial charge on any atom is -0.363 e. The molecule has 14 heavy (non-hydrogen) atoms. The van der Waals surface area contributed by atoms with Crippen LogP contribution in [0.3, 0.4) is 0 Å². The molecular weight excluding hydrogens is 178 g/mol. The molecule has 0 saturated carbocycles. The molecule has 0 amide bonds. The average molecular weight is 191 g/mol. The molecule has 0 aliphatic carbocycles. The van der Waals surface area contributed by atoms with Crippen molar-refractivity contribution in [1.82, 2.24) is 0 Å². The molecule has 1 unspecified atom stereocenters. The van der Waals surface area contributed by atoms with Gasteiger partial charge < -0.3 is 9.94 Å². The van der Waals surface area contributed by atoms with E-state index in [1.807, 2.05) is 44.2 Å². The lowest BCUT2D eigenvalue weighted by Gasteiger charge is -2.21. The minimum atomic E-state index is -0.849. The third kappa shape index (κ3) is 1.30. The lowest BCUT2D eigenvalue weighted by molar-refractivity contribution is -0.121. The summed E-state index contributed by atoms with van der Waals surface area (Å²) < 4.78 is 0. The van der Waals surface area contributed by atoms with Gasteiger partial charge in [0, 0.05) is 5.56 Å². The predicted molar refractivity (Wildman–Crippen MR) is 53.9 cm³/mol. The summed E-state index contributed by atoms with van der Waals surface area (Å²) in [6.45, 7) is 3.83. The van der Waals surface area contributed by atoms with E-state index in [-0.39, 0.29) is 0 Å². The molecule has 0 radical (unpaired) electrons. The zero-order chi connectivity index (χ0) is 10.2. The first kappa shape index (κ1) is 9.21. The molecule has 1 aromatic rings. The Bertz CT molecular complexity index is 357. The Hall–Kier alpha value is -1.35. The summed E-state index contributed by atoms with van der Waals surface area (Å²) in [6, 6.07) is 9.75. The molecule has 3 nitrogen and oxygen atoms in total. The second kappa shape index (κ2) is 3.10. The summed E-state index contributed by atoms with van der Waals surface area (Å²) in [5.41, 5.74) is 1.35. The number of rotatable bonds is 1. The lowest BCUT2D eigenvalue weighted by Crippen LogP contribution is -2.32. The van der Waals surface area contributed by atoms with Crippen LogP contribution in [0.4, 0.5) is 0 Å². The molecule has 1 aromatic carbocycles. The number of aliphatic hydroxyl groups excluding tert-OH is 1. The summed E-state index contributed by atoms with van der Waals surface area (Å²) in [4.78, 5) is 4.88. The molecule has 74 valence electrons. The van der Waals surface area contributed by atoms with Gasteiger partial charge in [-0.05, 0) is 13.8 Å². The van der Waals surface area contributed by atoms with Crippen LogP contribution in [-0.4, -0.2) is 17.1 Å². The topological polar surface area (TPSA) is 41.8 Å². The summed E-state index contributed by atoms with van der Waals surface area (Å²) in [6.07, 6.45) is -0.849.